The van der Waals surface area contributed by atoms with Gasteiger partial charge in [0.05, 0.1) is 19.5 Å². The van der Waals surface area contributed by atoms with Crippen LogP contribution in [0.15, 0.2) is 12.7 Å². The van der Waals surface area contributed by atoms with Gasteiger partial charge < -0.3 is 20.7 Å². The van der Waals surface area contributed by atoms with Crippen molar-refractivity contribution in [3.63, 3.8) is 0 Å². The van der Waals surface area contributed by atoms with Gasteiger partial charge in [-0.25, -0.2) is 15.0 Å². The van der Waals surface area contributed by atoms with E-state index in [1.165, 1.54) is 12.7 Å². The topological polar surface area (TPSA) is 119 Å². The van der Waals surface area contributed by atoms with Gasteiger partial charge in [-0.1, -0.05) is 0 Å². The maximum atomic E-state index is 10.0. The lowest BCUT2D eigenvalue weighted by molar-refractivity contribution is -0.0108. The van der Waals surface area contributed by atoms with Gasteiger partial charge in [-0.3, -0.25) is 4.57 Å². The van der Waals surface area contributed by atoms with Crippen molar-refractivity contribution in [1.29, 1.82) is 0 Å². The molecule has 3 heterocycles. The Morgan fingerprint density at radius 3 is 3.00 bits per heavy atom. The molecule has 0 bridgehead atoms. The molecule has 0 amide bonds. The summed E-state index contributed by atoms with van der Waals surface area (Å²) in [7, 11) is 0. The average molecular weight is 251 g/mol. The Hall–Kier alpha value is -1.77. The molecule has 1 aliphatic rings. The molecule has 4 N–H and O–H groups in total. The van der Waals surface area contributed by atoms with Crippen molar-refractivity contribution in [2.75, 3.05) is 18.9 Å². The lowest BCUT2D eigenvalue weighted by Crippen LogP contribution is -2.26. The van der Waals surface area contributed by atoms with Crippen molar-refractivity contribution < 1.29 is 14.9 Å². The van der Waals surface area contributed by atoms with Crippen LogP contribution in [0.1, 0.15) is 6.23 Å². The third kappa shape index (κ3) is 1.54. The number of hydrogen-bond acceptors (Lipinski definition) is 7. The molecule has 2 aromatic rings. The van der Waals surface area contributed by atoms with Gasteiger partial charge in [-0.15, -0.1) is 0 Å². The molecule has 1 aliphatic heterocycles. The molecule has 18 heavy (non-hydrogen) atoms. The third-order valence-corrected chi connectivity index (χ3v) is 3.15. The number of aliphatic hydroxyl groups excluding tert-OH is 2. The fourth-order valence-electron chi connectivity index (χ4n) is 2.11. The Kier molecular flexibility index (Phi) is 2.62. The SMILES string of the molecule is Nc1ncnc2c1ncn2[C@H]1OC[C@@H](CO)[C@H]1O. The van der Waals surface area contributed by atoms with Crippen LogP contribution in [-0.4, -0.2) is 49.0 Å². The first-order valence-corrected chi connectivity index (χ1v) is 5.56. The maximum absolute atomic E-state index is 10.0. The largest absolute Gasteiger partial charge is 0.396 e. The second-order valence-electron chi connectivity index (χ2n) is 4.24. The highest BCUT2D eigenvalue weighted by Gasteiger charge is 2.37. The van der Waals surface area contributed by atoms with Crippen molar-refractivity contribution in [1.82, 2.24) is 19.5 Å². The van der Waals surface area contributed by atoms with Crippen LogP contribution in [0.5, 0.6) is 0 Å². The summed E-state index contributed by atoms with van der Waals surface area (Å²) in [5.41, 5.74) is 6.66. The molecule has 0 radical (unpaired) electrons. The molecule has 0 unspecified atom stereocenters. The predicted octanol–water partition coefficient (Wildman–Crippen LogP) is -1.09. The number of aliphatic hydroxyl groups is 2. The molecule has 2 aromatic heterocycles. The lowest BCUT2D eigenvalue weighted by Gasteiger charge is -2.17. The van der Waals surface area contributed by atoms with Crippen molar-refractivity contribution in [3.8, 4) is 0 Å². The second kappa shape index (κ2) is 4.16. The summed E-state index contributed by atoms with van der Waals surface area (Å²) in [6, 6.07) is 0. The van der Waals surface area contributed by atoms with E-state index < -0.39 is 12.3 Å². The van der Waals surface area contributed by atoms with Crippen LogP contribution in [0.4, 0.5) is 5.82 Å². The van der Waals surface area contributed by atoms with E-state index in [4.69, 9.17) is 15.6 Å². The highest BCUT2D eigenvalue weighted by atomic mass is 16.5. The zero-order valence-electron chi connectivity index (χ0n) is 9.47. The van der Waals surface area contributed by atoms with Crippen LogP contribution < -0.4 is 5.73 Å². The van der Waals surface area contributed by atoms with E-state index in [0.29, 0.717) is 17.8 Å². The Bertz CT molecular complexity index is 572. The monoisotopic (exact) mass is 251 g/mol. The molecule has 3 rings (SSSR count). The first-order valence-electron chi connectivity index (χ1n) is 5.56. The number of aromatic nitrogens is 4. The van der Waals surface area contributed by atoms with Crippen LogP contribution in [0, 0.1) is 5.92 Å². The summed E-state index contributed by atoms with van der Waals surface area (Å²) in [5, 5.41) is 19.1. The number of ether oxygens (including phenoxy) is 1. The van der Waals surface area contributed by atoms with Gasteiger partial charge in [0.15, 0.2) is 17.7 Å². The standard InChI is InChI=1S/C10H13N5O3/c11-8-6-9(13-3-12-8)15(4-14-6)10-7(17)5(1-16)2-18-10/h3-5,7,10,16-17H,1-2H2,(H2,11,12,13)/t5-,7-,10+/m1/s1. The fraction of sp³-hybridized carbons (Fsp3) is 0.500. The minimum Gasteiger partial charge on any atom is -0.396 e. The summed E-state index contributed by atoms with van der Waals surface area (Å²) in [5.74, 6) is -0.0171. The Balaban J connectivity index is 2.03. The highest BCUT2D eigenvalue weighted by Crippen LogP contribution is 2.30. The summed E-state index contributed by atoms with van der Waals surface area (Å²) in [6.45, 7) is 0.171. The number of fused-ring (bicyclic) bond motifs is 1. The molecule has 1 saturated heterocycles. The first kappa shape index (κ1) is 11.3. The third-order valence-electron chi connectivity index (χ3n) is 3.15. The molecule has 96 valence electrons. The van der Waals surface area contributed by atoms with Gasteiger partial charge in [0.1, 0.15) is 17.9 Å². The number of hydrogen-bond donors (Lipinski definition) is 3. The van der Waals surface area contributed by atoms with Crippen LogP contribution in [0.25, 0.3) is 11.2 Å². The summed E-state index contributed by atoms with van der Waals surface area (Å²) >= 11 is 0. The van der Waals surface area contributed by atoms with E-state index in [-0.39, 0.29) is 18.3 Å². The Morgan fingerprint density at radius 2 is 2.28 bits per heavy atom. The molecule has 0 aromatic carbocycles. The number of nitrogens with zero attached hydrogens (tertiary/aromatic N) is 4. The van der Waals surface area contributed by atoms with Crippen molar-refractivity contribution in [2.24, 2.45) is 5.92 Å². The summed E-state index contributed by atoms with van der Waals surface area (Å²) < 4.78 is 7.08. The molecule has 1 fully saturated rings. The van der Waals surface area contributed by atoms with Gasteiger partial charge in [0, 0.05) is 5.92 Å². The minimum absolute atomic E-state index is 0.124. The van der Waals surface area contributed by atoms with Gasteiger partial charge in [-0.2, -0.15) is 0 Å². The fourth-order valence-corrected chi connectivity index (χ4v) is 2.11. The normalized spacial score (nSPS) is 28.0. The second-order valence-corrected chi connectivity index (χ2v) is 4.24. The average Bonchev–Trinajstić information content (AvgIpc) is 2.93. The maximum Gasteiger partial charge on any atom is 0.167 e. The minimum atomic E-state index is -0.802. The lowest BCUT2D eigenvalue weighted by atomic mass is 10.1. The van der Waals surface area contributed by atoms with Crippen LogP contribution >= 0.6 is 0 Å². The van der Waals surface area contributed by atoms with Gasteiger partial charge in [-0.05, 0) is 0 Å². The Morgan fingerprint density at radius 1 is 1.44 bits per heavy atom. The number of nitrogens with two attached hydrogens (primary N) is 1. The number of anilines is 1. The summed E-state index contributed by atoms with van der Waals surface area (Å²) in [4.78, 5) is 12.0. The zero-order valence-corrected chi connectivity index (χ0v) is 9.47. The number of nitrogen functional groups attached to an aromatic ring is 1. The number of imidazole rings is 1. The van der Waals surface area contributed by atoms with Gasteiger partial charge in [0.2, 0.25) is 0 Å². The number of rotatable bonds is 2. The molecule has 3 atom stereocenters. The molecular formula is C10H13N5O3. The van der Waals surface area contributed by atoms with E-state index >= 15 is 0 Å². The van der Waals surface area contributed by atoms with Crippen LogP contribution in [0.2, 0.25) is 0 Å². The zero-order chi connectivity index (χ0) is 12.7. The molecular weight excluding hydrogens is 238 g/mol. The van der Waals surface area contributed by atoms with Crippen molar-refractivity contribution in [3.05, 3.63) is 12.7 Å². The van der Waals surface area contributed by atoms with E-state index in [1.807, 2.05) is 0 Å². The summed E-state index contributed by atoms with van der Waals surface area (Å²) in [6.07, 6.45) is 1.43. The van der Waals surface area contributed by atoms with E-state index in [0.717, 1.165) is 0 Å². The smallest absolute Gasteiger partial charge is 0.167 e. The molecule has 0 aliphatic carbocycles. The highest BCUT2D eigenvalue weighted by molar-refractivity contribution is 5.81. The first-order chi connectivity index (χ1) is 8.72. The quantitative estimate of drug-likeness (QED) is 0.620. The molecule has 0 spiro atoms. The molecule has 8 nitrogen and oxygen atoms in total. The Labute approximate surface area is 102 Å². The van der Waals surface area contributed by atoms with E-state index in [2.05, 4.69) is 15.0 Å². The molecule has 8 heteroatoms. The van der Waals surface area contributed by atoms with Crippen molar-refractivity contribution >= 4 is 17.0 Å². The van der Waals surface area contributed by atoms with Crippen LogP contribution in [0.3, 0.4) is 0 Å². The van der Waals surface area contributed by atoms with Crippen molar-refractivity contribution in [2.45, 2.75) is 12.3 Å². The van der Waals surface area contributed by atoms with E-state index in [1.54, 1.807) is 4.57 Å². The van der Waals surface area contributed by atoms with Gasteiger partial charge >= 0.3 is 0 Å². The molecule has 0 saturated carbocycles. The van der Waals surface area contributed by atoms with Gasteiger partial charge in [0.25, 0.3) is 0 Å². The van der Waals surface area contributed by atoms with Crippen LogP contribution in [-0.2, 0) is 4.74 Å². The van der Waals surface area contributed by atoms with E-state index in [9.17, 15) is 5.11 Å². The predicted molar refractivity (Wildman–Crippen MR) is 61.3 cm³/mol.